The topological polar surface area (TPSA) is 120 Å². The minimum Gasteiger partial charge on any atom is -0.361 e. The van der Waals surface area contributed by atoms with Gasteiger partial charge in [0.15, 0.2) is 5.82 Å². The van der Waals surface area contributed by atoms with E-state index < -0.39 is 6.04 Å². The molecule has 1 unspecified atom stereocenters. The number of aryl methyl sites for hydroxylation is 1. The number of fused-ring (bicyclic) bond motifs is 1. The van der Waals surface area contributed by atoms with E-state index in [0.29, 0.717) is 36.7 Å². The molecule has 0 fully saturated rings. The standard InChI is InChI=1S/C16H15N5O3/c17-12-3-1-9-7-10(2-4-13(9)19-15(12)22)16-20-14(21-24-16)8-11-5-6-18-23-11/h2,4-7,12H,1,3,8,17H2,(H,19,22). The van der Waals surface area contributed by atoms with E-state index in [9.17, 15) is 4.79 Å². The van der Waals surface area contributed by atoms with E-state index in [2.05, 4.69) is 20.6 Å². The lowest BCUT2D eigenvalue weighted by atomic mass is 10.0. The zero-order chi connectivity index (χ0) is 16.5. The summed E-state index contributed by atoms with van der Waals surface area (Å²) in [6.45, 7) is 0. The van der Waals surface area contributed by atoms with Crippen LogP contribution in [0.2, 0.25) is 0 Å². The minimum atomic E-state index is -0.488. The first kappa shape index (κ1) is 14.6. The second-order valence-electron chi connectivity index (χ2n) is 5.68. The summed E-state index contributed by atoms with van der Waals surface area (Å²) in [6.07, 6.45) is 3.30. The van der Waals surface area contributed by atoms with Gasteiger partial charge in [-0.25, -0.2) is 0 Å². The third kappa shape index (κ3) is 2.79. The first-order valence-corrected chi connectivity index (χ1v) is 7.61. The summed E-state index contributed by atoms with van der Waals surface area (Å²) in [6, 6.07) is 6.88. The molecule has 1 aromatic carbocycles. The molecule has 0 spiro atoms. The maximum Gasteiger partial charge on any atom is 0.257 e. The lowest BCUT2D eigenvalue weighted by Crippen LogP contribution is -2.34. The van der Waals surface area contributed by atoms with Crippen LogP contribution in [0.25, 0.3) is 11.5 Å². The fourth-order valence-electron chi connectivity index (χ4n) is 2.66. The molecule has 4 rings (SSSR count). The summed E-state index contributed by atoms with van der Waals surface area (Å²) in [5, 5.41) is 10.4. The summed E-state index contributed by atoms with van der Waals surface area (Å²) < 4.78 is 10.4. The number of nitrogens with two attached hydrogens (primary N) is 1. The summed E-state index contributed by atoms with van der Waals surface area (Å²) >= 11 is 0. The van der Waals surface area contributed by atoms with Gasteiger partial charge in [-0.1, -0.05) is 10.3 Å². The summed E-state index contributed by atoms with van der Waals surface area (Å²) in [4.78, 5) is 16.2. The predicted molar refractivity (Wildman–Crippen MR) is 84.0 cm³/mol. The molecule has 0 aliphatic carbocycles. The molecular weight excluding hydrogens is 310 g/mol. The molecule has 0 saturated heterocycles. The Bertz CT molecular complexity index is 872. The monoisotopic (exact) mass is 325 g/mol. The average molecular weight is 325 g/mol. The van der Waals surface area contributed by atoms with Crippen molar-refractivity contribution in [2.45, 2.75) is 25.3 Å². The molecule has 3 N–H and O–H groups in total. The fourth-order valence-corrected chi connectivity index (χ4v) is 2.66. The van der Waals surface area contributed by atoms with Crippen molar-refractivity contribution in [2.75, 3.05) is 5.32 Å². The van der Waals surface area contributed by atoms with Gasteiger partial charge in [-0.2, -0.15) is 4.98 Å². The zero-order valence-electron chi connectivity index (χ0n) is 12.7. The number of nitrogens with zero attached hydrogens (tertiary/aromatic N) is 3. The molecule has 1 atom stereocenters. The van der Waals surface area contributed by atoms with Crippen molar-refractivity contribution in [2.24, 2.45) is 5.73 Å². The quantitative estimate of drug-likeness (QED) is 0.749. The second kappa shape index (κ2) is 5.89. The van der Waals surface area contributed by atoms with Gasteiger partial charge in [-0.3, -0.25) is 4.79 Å². The van der Waals surface area contributed by atoms with Crippen LogP contribution in [0.5, 0.6) is 0 Å². The van der Waals surface area contributed by atoms with Gasteiger partial charge in [0, 0.05) is 17.3 Å². The second-order valence-corrected chi connectivity index (χ2v) is 5.68. The van der Waals surface area contributed by atoms with E-state index in [0.717, 1.165) is 16.8 Å². The first-order chi connectivity index (χ1) is 11.7. The Kier molecular flexibility index (Phi) is 3.58. The van der Waals surface area contributed by atoms with E-state index in [1.807, 2.05) is 18.2 Å². The number of amides is 1. The van der Waals surface area contributed by atoms with Crippen molar-refractivity contribution in [3.05, 3.63) is 47.6 Å². The van der Waals surface area contributed by atoms with Crippen molar-refractivity contribution in [3.63, 3.8) is 0 Å². The minimum absolute atomic E-state index is 0.159. The van der Waals surface area contributed by atoms with Crippen molar-refractivity contribution in [1.82, 2.24) is 15.3 Å². The highest BCUT2D eigenvalue weighted by Gasteiger charge is 2.21. The normalized spacial score (nSPS) is 17.2. The largest absolute Gasteiger partial charge is 0.361 e. The van der Waals surface area contributed by atoms with E-state index in [4.69, 9.17) is 14.8 Å². The number of anilines is 1. The number of hydrogen-bond donors (Lipinski definition) is 2. The molecule has 122 valence electrons. The lowest BCUT2D eigenvalue weighted by Gasteiger charge is -2.07. The Hall–Kier alpha value is -3.00. The summed E-state index contributed by atoms with van der Waals surface area (Å²) in [5.74, 6) is 1.45. The fraction of sp³-hybridized carbons (Fsp3) is 0.250. The van der Waals surface area contributed by atoms with E-state index in [1.165, 1.54) is 0 Å². The maximum absolute atomic E-state index is 11.8. The van der Waals surface area contributed by atoms with Crippen LogP contribution in [0.4, 0.5) is 5.69 Å². The van der Waals surface area contributed by atoms with Crippen molar-refractivity contribution in [1.29, 1.82) is 0 Å². The van der Waals surface area contributed by atoms with E-state index in [-0.39, 0.29) is 5.91 Å². The first-order valence-electron chi connectivity index (χ1n) is 7.61. The Morgan fingerprint density at radius 1 is 1.29 bits per heavy atom. The highest BCUT2D eigenvalue weighted by atomic mass is 16.5. The van der Waals surface area contributed by atoms with Gasteiger partial charge in [-0.15, -0.1) is 0 Å². The molecule has 3 heterocycles. The molecule has 1 aliphatic rings. The molecule has 24 heavy (non-hydrogen) atoms. The van der Waals surface area contributed by atoms with Crippen LogP contribution in [0.3, 0.4) is 0 Å². The summed E-state index contributed by atoms with van der Waals surface area (Å²) in [7, 11) is 0. The molecule has 8 nitrogen and oxygen atoms in total. The number of hydrogen-bond acceptors (Lipinski definition) is 7. The van der Waals surface area contributed by atoms with E-state index in [1.54, 1.807) is 12.3 Å². The third-order valence-corrected chi connectivity index (χ3v) is 3.96. The molecule has 8 heteroatoms. The smallest absolute Gasteiger partial charge is 0.257 e. The van der Waals surface area contributed by atoms with Gasteiger partial charge in [0.1, 0.15) is 5.76 Å². The Morgan fingerprint density at radius 3 is 3.04 bits per heavy atom. The SMILES string of the molecule is NC1CCc2cc(-c3nc(Cc4ccno4)no3)ccc2NC1=O. The number of benzene rings is 1. The van der Waals surface area contributed by atoms with Crippen molar-refractivity contribution < 1.29 is 13.8 Å². The summed E-state index contributed by atoms with van der Waals surface area (Å²) in [5.41, 5.74) is 8.39. The Balaban J connectivity index is 1.59. The average Bonchev–Trinajstić information content (AvgIpc) is 3.23. The van der Waals surface area contributed by atoms with Crippen LogP contribution >= 0.6 is 0 Å². The van der Waals surface area contributed by atoms with Crippen LogP contribution in [0, 0.1) is 0 Å². The van der Waals surface area contributed by atoms with Crippen LogP contribution < -0.4 is 11.1 Å². The van der Waals surface area contributed by atoms with Crippen LogP contribution in [0.1, 0.15) is 23.6 Å². The van der Waals surface area contributed by atoms with Crippen LogP contribution in [-0.2, 0) is 17.6 Å². The molecule has 1 aliphatic heterocycles. The van der Waals surface area contributed by atoms with Gasteiger partial charge >= 0.3 is 0 Å². The van der Waals surface area contributed by atoms with Crippen molar-refractivity contribution >= 4 is 11.6 Å². The van der Waals surface area contributed by atoms with Crippen LogP contribution in [0.15, 0.2) is 39.5 Å². The maximum atomic E-state index is 11.8. The number of rotatable bonds is 3. The molecule has 1 amide bonds. The number of carbonyl (C=O) groups excluding carboxylic acids is 1. The lowest BCUT2D eigenvalue weighted by molar-refractivity contribution is -0.117. The van der Waals surface area contributed by atoms with Gasteiger partial charge in [0.2, 0.25) is 5.91 Å². The molecule has 0 saturated carbocycles. The van der Waals surface area contributed by atoms with Gasteiger partial charge in [0.25, 0.3) is 5.89 Å². The predicted octanol–water partition coefficient (Wildman–Crippen LogP) is 1.53. The van der Waals surface area contributed by atoms with Gasteiger partial charge in [0.05, 0.1) is 18.7 Å². The van der Waals surface area contributed by atoms with E-state index >= 15 is 0 Å². The molecule has 0 radical (unpaired) electrons. The van der Waals surface area contributed by atoms with Gasteiger partial charge < -0.3 is 20.1 Å². The molecule has 2 aromatic heterocycles. The third-order valence-electron chi connectivity index (χ3n) is 3.96. The Morgan fingerprint density at radius 2 is 2.21 bits per heavy atom. The highest BCUT2D eigenvalue weighted by Crippen LogP contribution is 2.27. The number of carbonyl (C=O) groups is 1. The number of aromatic nitrogens is 3. The Labute approximate surface area is 137 Å². The number of nitrogens with one attached hydrogen (secondary N) is 1. The zero-order valence-corrected chi connectivity index (χ0v) is 12.7. The van der Waals surface area contributed by atoms with Crippen LogP contribution in [-0.4, -0.2) is 27.2 Å². The molecule has 0 bridgehead atoms. The molecule has 3 aromatic rings. The van der Waals surface area contributed by atoms with Crippen molar-refractivity contribution in [3.8, 4) is 11.5 Å². The van der Waals surface area contributed by atoms with Gasteiger partial charge in [-0.05, 0) is 36.6 Å². The highest BCUT2D eigenvalue weighted by molar-refractivity contribution is 5.96. The molecular formula is C16H15N5O3.